The van der Waals surface area contributed by atoms with Crippen LogP contribution in [0.1, 0.15) is 30.1 Å². The lowest BCUT2D eigenvalue weighted by atomic mass is 10.1. The molecule has 0 unspecified atom stereocenters. The first-order valence-corrected chi connectivity index (χ1v) is 6.24. The fourth-order valence-electron chi connectivity index (χ4n) is 1.98. The van der Waals surface area contributed by atoms with Gasteiger partial charge in [0.05, 0.1) is 12.6 Å². The van der Waals surface area contributed by atoms with Crippen LogP contribution in [0.5, 0.6) is 0 Å². The zero-order valence-electron chi connectivity index (χ0n) is 11.3. The largest absolute Gasteiger partial charge is 0.469 e. The Morgan fingerprint density at radius 1 is 1.35 bits per heavy atom. The van der Waals surface area contributed by atoms with Crippen molar-refractivity contribution in [1.82, 2.24) is 4.57 Å². The second-order valence-electron chi connectivity index (χ2n) is 4.44. The molecule has 0 aliphatic carbocycles. The van der Waals surface area contributed by atoms with Gasteiger partial charge in [0.25, 0.3) is 0 Å². The number of carbonyl (C=O) groups excluding carboxylic acids is 2. The highest BCUT2D eigenvalue weighted by atomic mass is 16.5. The standard InChI is InChI=1S/C14H15NO5/c1-9(16)10-5-6-11-12(8-10)20-14(18)15(11)7-3-4-13(17)19-2/h5-6,8H,3-4,7H2,1-2H3. The third-order valence-corrected chi connectivity index (χ3v) is 3.07. The number of oxazole rings is 1. The Labute approximate surface area is 114 Å². The topological polar surface area (TPSA) is 78.5 Å². The first kappa shape index (κ1) is 14.0. The van der Waals surface area contributed by atoms with E-state index in [-0.39, 0.29) is 18.2 Å². The minimum absolute atomic E-state index is 0.0898. The summed E-state index contributed by atoms with van der Waals surface area (Å²) in [6, 6.07) is 4.88. The normalized spacial score (nSPS) is 10.7. The van der Waals surface area contributed by atoms with E-state index in [0.29, 0.717) is 29.6 Å². The maximum absolute atomic E-state index is 11.8. The molecular weight excluding hydrogens is 262 g/mol. The van der Waals surface area contributed by atoms with Crippen molar-refractivity contribution in [2.24, 2.45) is 0 Å². The van der Waals surface area contributed by atoms with Crippen molar-refractivity contribution in [2.75, 3.05) is 7.11 Å². The Morgan fingerprint density at radius 2 is 2.10 bits per heavy atom. The van der Waals surface area contributed by atoms with Crippen molar-refractivity contribution in [3.8, 4) is 0 Å². The molecule has 0 radical (unpaired) electrons. The number of Topliss-reactive ketones (excluding diaryl/α,β-unsaturated/α-hetero) is 1. The Hall–Kier alpha value is -2.37. The van der Waals surface area contributed by atoms with E-state index in [1.165, 1.54) is 18.6 Å². The highest BCUT2D eigenvalue weighted by Gasteiger charge is 2.11. The number of nitrogens with zero attached hydrogens (tertiary/aromatic N) is 1. The van der Waals surface area contributed by atoms with E-state index in [9.17, 15) is 14.4 Å². The Morgan fingerprint density at radius 3 is 2.75 bits per heavy atom. The highest BCUT2D eigenvalue weighted by Crippen LogP contribution is 2.16. The summed E-state index contributed by atoms with van der Waals surface area (Å²) in [5.74, 6) is -0.900. The van der Waals surface area contributed by atoms with E-state index >= 15 is 0 Å². The molecular formula is C14H15NO5. The lowest BCUT2D eigenvalue weighted by Crippen LogP contribution is -2.15. The van der Waals surface area contributed by atoms with Gasteiger partial charge in [0.1, 0.15) is 0 Å². The predicted molar refractivity (Wildman–Crippen MR) is 71.7 cm³/mol. The van der Waals surface area contributed by atoms with Crippen LogP contribution in [-0.4, -0.2) is 23.4 Å². The third kappa shape index (κ3) is 2.79. The summed E-state index contributed by atoms with van der Waals surface area (Å²) >= 11 is 0. The monoisotopic (exact) mass is 277 g/mol. The number of rotatable bonds is 5. The van der Waals surface area contributed by atoms with Crippen LogP contribution in [-0.2, 0) is 16.1 Å². The number of methoxy groups -OCH3 is 1. The summed E-state index contributed by atoms with van der Waals surface area (Å²) in [6.45, 7) is 1.81. The molecule has 1 heterocycles. The van der Waals surface area contributed by atoms with Gasteiger partial charge in [0, 0.05) is 18.5 Å². The van der Waals surface area contributed by atoms with Crippen LogP contribution in [0.3, 0.4) is 0 Å². The van der Waals surface area contributed by atoms with Crippen molar-refractivity contribution in [3.63, 3.8) is 0 Å². The minimum Gasteiger partial charge on any atom is -0.469 e. The number of aromatic nitrogens is 1. The number of ketones is 1. The van der Waals surface area contributed by atoms with Crippen molar-refractivity contribution in [1.29, 1.82) is 0 Å². The third-order valence-electron chi connectivity index (χ3n) is 3.07. The van der Waals surface area contributed by atoms with Gasteiger partial charge in [-0.15, -0.1) is 0 Å². The molecule has 0 N–H and O–H groups in total. The summed E-state index contributed by atoms with van der Waals surface area (Å²) in [6.07, 6.45) is 0.719. The zero-order chi connectivity index (χ0) is 14.7. The van der Waals surface area contributed by atoms with Crippen molar-refractivity contribution >= 4 is 22.9 Å². The molecule has 0 aliphatic rings. The zero-order valence-corrected chi connectivity index (χ0v) is 11.3. The molecule has 2 rings (SSSR count). The van der Waals surface area contributed by atoms with Gasteiger partial charge in [0.15, 0.2) is 11.4 Å². The average molecular weight is 277 g/mol. The van der Waals surface area contributed by atoms with Crippen molar-refractivity contribution in [3.05, 3.63) is 34.3 Å². The summed E-state index contributed by atoms with van der Waals surface area (Å²) in [5.41, 5.74) is 1.48. The van der Waals surface area contributed by atoms with Gasteiger partial charge in [-0.1, -0.05) is 0 Å². The Balaban J connectivity index is 2.25. The summed E-state index contributed by atoms with van der Waals surface area (Å²) < 4.78 is 11.1. The average Bonchev–Trinajstić information content (AvgIpc) is 2.73. The van der Waals surface area contributed by atoms with E-state index < -0.39 is 5.76 Å². The molecule has 2 aromatic rings. The van der Waals surface area contributed by atoms with Crippen LogP contribution in [0.4, 0.5) is 0 Å². The molecule has 106 valence electrons. The van der Waals surface area contributed by atoms with E-state index in [1.54, 1.807) is 18.2 Å². The van der Waals surface area contributed by atoms with Crippen molar-refractivity contribution in [2.45, 2.75) is 26.3 Å². The first-order valence-electron chi connectivity index (χ1n) is 6.24. The van der Waals surface area contributed by atoms with Gasteiger partial charge in [-0.3, -0.25) is 14.2 Å². The first-order chi connectivity index (χ1) is 9.52. The van der Waals surface area contributed by atoms with E-state index in [0.717, 1.165) is 0 Å². The van der Waals surface area contributed by atoms with Gasteiger partial charge in [-0.2, -0.15) is 0 Å². The molecule has 6 heteroatoms. The fraction of sp³-hybridized carbons (Fsp3) is 0.357. The Kier molecular flexibility index (Phi) is 4.02. The molecule has 0 bridgehead atoms. The van der Waals surface area contributed by atoms with Crippen LogP contribution in [0, 0.1) is 0 Å². The van der Waals surface area contributed by atoms with Crippen molar-refractivity contribution < 1.29 is 18.7 Å². The molecule has 0 fully saturated rings. The quantitative estimate of drug-likeness (QED) is 0.614. The van der Waals surface area contributed by atoms with Crippen LogP contribution < -0.4 is 5.76 Å². The molecule has 0 amide bonds. The van der Waals surface area contributed by atoms with E-state index in [2.05, 4.69) is 4.74 Å². The van der Waals surface area contributed by atoms with Gasteiger partial charge >= 0.3 is 11.7 Å². The molecule has 0 saturated carbocycles. The SMILES string of the molecule is COC(=O)CCCn1c(=O)oc2cc(C(C)=O)ccc21. The molecule has 0 atom stereocenters. The Bertz CT molecular complexity index is 710. The summed E-state index contributed by atoms with van der Waals surface area (Å²) in [4.78, 5) is 34.1. The molecule has 1 aromatic carbocycles. The lowest BCUT2D eigenvalue weighted by molar-refractivity contribution is -0.140. The number of fused-ring (bicyclic) bond motifs is 1. The number of hydrogen-bond donors (Lipinski definition) is 0. The fourth-order valence-corrected chi connectivity index (χ4v) is 1.98. The number of benzene rings is 1. The summed E-state index contributed by atoms with van der Waals surface area (Å²) in [5, 5.41) is 0. The molecule has 6 nitrogen and oxygen atoms in total. The second kappa shape index (κ2) is 5.73. The van der Waals surface area contributed by atoms with Crippen LogP contribution in [0.2, 0.25) is 0 Å². The molecule has 0 aliphatic heterocycles. The molecule has 1 aromatic heterocycles. The van der Waals surface area contributed by atoms with Crippen LogP contribution >= 0.6 is 0 Å². The highest BCUT2D eigenvalue weighted by molar-refractivity contribution is 5.96. The number of ether oxygens (including phenoxy) is 1. The summed E-state index contributed by atoms with van der Waals surface area (Å²) in [7, 11) is 1.32. The molecule has 20 heavy (non-hydrogen) atoms. The number of hydrogen-bond acceptors (Lipinski definition) is 5. The van der Waals surface area contributed by atoms with Crippen LogP contribution in [0.25, 0.3) is 11.1 Å². The van der Waals surface area contributed by atoms with Crippen LogP contribution in [0.15, 0.2) is 27.4 Å². The number of aryl methyl sites for hydroxylation is 1. The van der Waals surface area contributed by atoms with E-state index in [4.69, 9.17) is 4.42 Å². The maximum Gasteiger partial charge on any atom is 0.419 e. The second-order valence-corrected chi connectivity index (χ2v) is 4.44. The number of carbonyl (C=O) groups is 2. The van der Waals surface area contributed by atoms with Gasteiger partial charge in [-0.05, 0) is 31.5 Å². The van der Waals surface area contributed by atoms with Gasteiger partial charge < -0.3 is 9.15 Å². The predicted octanol–water partition coefficient (Wildman–Crippen LogP) is 1.75. The number of esters is 1. The van der Waals surface area contributed by atoms with Gasteiger partial charge in [-0.25, -0.2) is 4.79 Å². The maximum atomic E-state index is 11.8. The lowest BCUT2D eigenvalue weighted by Gasteiger charge is -2.02. The molecule has 0 spiro atoms. The molecule has 0 saturated heterocycles. The van der Waals surface area contributed by atoms with E-state index in [1.807, 2.05) is 0 Å². The minimum atomic E-state index is -0.495. The van der Waals surface area contributed by atoms with Gasteiger partial charge in [0.2, 0.25) is 0 Å². The smallest absolute Gasteiger partial charge is 0.419 e.